The molecule has 3 amide bonds. The Balaban J connectivity index is 1.48. The Morgan fingerprint density at radius 3 is 2.24 bits per heavy atom. The van der Waals surface area contributed by atoms with E-state index in [0.717, 1.165) is 4.90 Å². The van der Waals surface area contributed by atoms with Crippen LogP contribution in [0.1, 0.15) is 10.4 Å². The monoisotopic (exact) mass is 463 g/mol. The molecule has 0 unspecified atom stereocenters. The number of benzene rings is 3. The van der Waals surface area contributed by atoms with Crippen LogP contribution in [-0.2, 0) is 9.59 Å². The Hall–Kier alpha value is -4.30. The molecule has 0 fully saturated rings. The number of imide groups is 1. The maximum absolute atomic E-state index is 12.9. The van der Waals surface area contributed by atoms with Gasteiger partial charge in [0.05, 0.1) is 18.5 Å². The van der Waals surface area contributed by atoms with Crippen LogP contribution in [0.25, 0.3) is 0 Å². The molecule has 1 aliphatic rings. The molecule has 9 heteroatoms. The van der Waals surface area contributed by atoms with Crippen molar-refractivity contribution < 1.29 is 24.2 Å². The fourth-order valence-corrected chi connectivity index (χ4v) is 3.41. The number of halogens is 1. The van der Waals surface area contributed by atoms with Gasteiger partial charge in [-0.25, -0.2) is 4.90 Å². The van der Waals surface area contributed by atoms with Gasteiger partial charge >= 0.3 is 0 Å². The average molecular weight is 464 g/mol. The van der Waals surface area contributed by atoms with Crippen LogP contribution in [0.15, 0.2) is 83.5 Å². The first kappa shape index (κ1) is 21.9. The Bertz CT molecular complexity index is 1270. The van der Waals surface area contributed by atoms with Crippen molar-refractivity contribution in [3.05, 3.63) is 89.1 Å². The van der Waals surface area contributed by atoms with Gasteiger partial charge in [0.1, 0.15) is 22.2 Å². The van der Waals surface area contributed by atoms with E-state index in [1.165, 1.54) is 25.3 Å². The second-order valence-electron chi connectivity index (χ2n) is 7.01. The normalized spacial score (nSPS) is 13.3. The van der Waals surface area contributed by atoms with Gasteiger partial charge in [0.15, 0.2) is 0 Å². The lowest BCUT2D eigenvalue weighted by atomic mass is 10.2. The van der Waals surface area contributed by atoms with E-state index >= 15 is 0 Å². The highest BCUT2D eigenvalue weighted by Crippen LogP contribution is 2.31. The van der Waals surface area contributed by atoms with E-state index in [2.05, 4.69) is 10.6 Å². The van der Waals surface area contributed by atoms with Crippen LogP contribution in [-0.4, -0.2) is 29.9 Å². The zero-order valence-corrected chi connectivity index (χ0v) is 18.1. The van der Waals surface area contributed by atoms with Crippen molar-refractivity contribution >= 4 is 46.4 Å². The first-order valence-electron chi connectivity index (χ1n) is 9.78. The third-order valence-electron chi connectivity index (χ3n) is 4.93. The first-order valence-corrected chi connectivity index (χ1v) is 10.2. The number of hydrogen-bond acceptors (Lipinski definition) is 6. The zero-order valence-electron chi connectivity index (χ0n) is 17.3. The van der Waals surface area contributed by atoms with Gasteiger partial charge in [-0.05, 0) is 60.7 Å². The lowest BCUT2D eigenvalue weighted by molar-refractivity contribution is -0.120. The summed E-state index contributed by atoms with van der Waals surface area (Å²) in [5.41, 5.74) is 1.37. The standard InChI is InChI=1S/C24H18ClN3O5/c1-33-17-12-10-16(11-13-17)28-23(31)20(25)21(24(28)32)26-15-8-6-14(7-9-15)22(30)27-18-4-2-3-5-19(18)29/h2-13,26,29H,1H3,(H,27,30). The predicted octanol–water partition coefficient (Wildman–Crippen LogP) is 4.09. The first-order chi connectivity index (χ1) is 15.9. The molecule has 0 saturated carbocycles. The van der Waals surface area contributed by atoms with Crippen LogP contribution in [0.4, 0.5) is 17.1 Å². The van der Waals surface area contributed by atoms with Crippen molar-refractivity contribution in [3.63, 3.8) is 0 Å². The Morgan fingerprint density at radius 1 is 0.939 bits per heavy atom. The van der Waals surface area contributed by atoms with Crippen LogP contribution in [0, 0.1) is 0 Å². The van der Waals surface area contributed by atoms with E-state index in [-0.39, 0.29) is 22.2 Å². The average Bonchev–Trinajstić information content (AvgIpc) is 3.04. The van der Waals surface area contributed by atoms with Crippen molar-refractivity contribution in [1.82, 2.24) is 0 Å². The van der Waals surface area contributed by atoms with E-state index in [1.807, 2.05) is 0 Å². The fraction of sp³-hybridized carbons (Fsp3) is 0.0417. The van der Waals surface area contributed by atoms with Gasteiger partial charge in [-0.2, -0.15) is 0 Å². The summed E-state index contributed by atoms with van der Waals surface area (Å²) in [6.45, 7) is 0. The van der Waals surface area contributed by atoms with Gasteiger partial charge in [0.25, 0.3) is 17.7 Å². The van der Waals surface area contributed by atoms with Crippen LogP contribution in [0.2, 0.25) is 0 Å². The summed E-state index contributed by atoms with van der Waals surface area (Å²) in [5.74, 6) is -1.12. The number of phenols is 1. The van der Waals surface area contributed by atoms with Crippen molar-refractivity contribution in [3.8, 4) is 11.5 Å². The van der Waals surface area contributed by atoms with Crippen molar-refractivity contribution in [2.45, 2.75) is 0 Å². The van der Waals surface area contributed by atoms with Crippen LogP contribution in [0.5, 0.6) is 11.5 Å². The number of carbonyl (C=O) groups is 3. The molecular formula is C24H18ClN3O5. The minimum atomic E-state index is -0.645. The molecule has 0 aromatic heterocycles. The minimum Gasteiger partial charge on any atom is -0.506 e. The highest BCUT2D eigenvalue weighted by Gasteiger charge is 2.38. The second-order valence-corrected chi connectivity index (χ2v) is 7.38. The molecule has 0 bridgehead atoms. The number of nitrogens with zero attached hydrogens (tertiary/aromatic N) is 1. The highest BCUT2D eigenvalue weighted by molar-refractivity contribution is 6.53. The molecule has 3 aromatic carbocycles. The maximum atomic E-state index is 12.9. The molecule has 8 nitrogen and oxygen atoms in total. The molecule has 4 rings (SSSR count). The zero-order chi connectivity index (χ0) is 23.5. The molecule has 0 atom stereocenters. The Kier molecular flexibility index (Phi) is 6.01. The van der Waals surface area contributed by atoms with E-state index in [0.29, 0.717) is 22.7 Å². The third-order valence-corrected chi connectivity index (χ3v) is 5.28. The molecule has 3 N–H and O–H groups in total. The molecule has 0 saturated heterocycles. The fourth-order valence-electron chi connectivity index (χ4n) is 3.20. The van der Waals surface area contributed by atoms with Crippen LogP contribution >= 0.6 is 11.6 Å². The molecule has 1 heterocycles. The molecule has 0 aliphatic carbocycles. The summed E-state index contributed by atoms with van der Waals surface area (Å²) in [6, 6.07) is 19.0. The van der Waals surface area contributed by atoms with E-state index < -0.39 is 17.7 Å². The number of amides is 3. The van der Waals surface area contributed by atoms with Gasteiger partial charge in [0.2, 0.25) is 0 Å². The summed E-state index contributed by atoms with van der Waals surface area (Å²) in [7, 11) is 1.52. The van der Waals surface area contributed by atoms with Crippen LogP contribution < -0.4 is 20.3 Å². The number of ether oxygens (including phenoxy) is 1. The van der Waals surface area contributed by atoms with Gasteiger partial charge in [0, 0.05) is 11.3 Å². The highest BCUT2D eigenvalue weighted by atomic mass is 35.5. The van der Waals surface area contributed by atoms with Gasteiger partial charge in [-0.3, -0.25) is 14.4 Å². The summed E-state index contributed by atoms with van der Waals surface area (Å²) >= 11 is 6.16. The number of phenolic OH excluding ortho intramolecular Hbond substituents is 1. The lowest BCUT2D eigenvalue weighted by Gasteiger charge is -2.15. The van der Waals surface area contributed by atoms with Gasteiger partial charge in [-0.15, -0.1) is 0 Å². The van der Waals surface area contributed by atoms with Crippen molar-refractivity contribution in [2.75, 3.05) is 22.6 Å². The molecule has 0 spiro atoms. The molecule has 33 heavy (non-hydrogen) atoms. The number of hydrogen-bond donors (Lipinski definition) is 3. The largest absolute Gasteiger partial charge is 0.506 e. The summed E-state index contributed by atoms with van der Waals surface area (Å²) in [6.07, 6.45) is 0. The van der Waals surface area contributed by atoms with Crippen molar-refractivity contribution in [2.24, 2.45) is 0 Å². The lowest BCUT2D eigenvalue weighted by Crippen LogP contribution is -2.32. The third kappa shape index (κ3) is 4.37. The van der Waals surface area contributed by atoms with Crippen molar-refractivity contribution in [1.29, 1.82) is 0 Å². The second kappa shape index (κ2) is 9.05. The van der Waals surface area contributed by atoms with Gasteiger partial charge in [-0.1, -0.05) is 23.7 Å². The topological polar surface area (TPSA) is 108 Å². The number of aromatic hydroxyl groups is 1. The van der Waals surface area contributed by atoms with Gasteiger partial charge < -0.3 is 20.5 Å². The molecule has 0 radical (unpaired) electrons. The smallest absolute Gasteiger partial charge is 0.283 e. The summed E-state index contributed by atoms with van der Waals surface area (Å²) in [5, 5.41) is 15.0. The van der Waals surface area contributed by atoms with E-state index in [1.54, 1.807) is 54.6 Å². The summed E-state index contributed by atoms with van der Waals surface area (Å²) < 4.78 is 5.09. The Morgan fingerprint density at radius 2 is 1.61 bits per heavy atom. The van der Waals surface area contributed by atoms with E-state index in [4.69, 9.17) is 16.3 Å². The van der Waals surface area contributed by atoms with E-state index in [9.17, 15) is 19.5 Å². The number of rotatable bonds is 6. The number of para-hydroxylation sites is 2. The number of carbonyl (C=O) groups excluding carboxylic acids is 3. The SMILES string of the molecule is COc1ccc(N2C(=O)C(Cl)=C(Nc3ccc(C(=O)Nc4ccccc4O)cc3)C2=O)cc1. The summed E-state index contributed by atoms with van der Waals surface area (Å²) in [4.78, 5) is 38.9. The molecule has 166 valence electrons. The Labute approximate surface area is 194 Å². The number of anilines is 3. The molecule has 1 aliphatic heterocycles. The molecular weight excluding hydrogens is 446 g/mol. The molecule has 3 aromatic rings. The predicted molar refractivity (Wildman–Crippen MR) is 124 cm³/mol. The number of nitrogens with one attached hydrogen (secondary N) is 2. The number of methoxy groups -OCH3 is 1. The quantitative estimate of drug-likeness (QED) is 0.375. The minimum absolute atomic E-state index is 0.0449. The maximum Gasteiger partial charge on any atom is 0.283 e. The van der Waals surface area contributed by atoms with Crippen LogP contribution in [0.3, 0.4) is 0 Å².